The van der Waals surface area contributed by atoms with E-state index in [-0.39, 0.29) is 6.61 Å². The van der Waals surface area contributed by atoms with E-state index in [4.69, 9.17) is 5.11 Å². The summed E-state index contributed by atoms with van der Waals surface area (Å²) in [6.07, 6.45) is -1.23. The maximum atomic E-state index is 10.5. The van der Waals surface area contributed by atoms with Gasteiger partial charge in [-0.25, -0.2) is 10.3 Å². The van der Waals surface area contributed by atoms with Crippen molar-refractivity contribution in [1.82, 2.24) is 10.8 Å². The van der Waals surface area contributed by atoms with E-state index in [0.717, 1.165) is 0 Å². The summed E-state index contributed by atoms with van der Waals surface area (Å²) in [7, 11) is 0. The summed E-state index contributed by atoms with van der Waals surface area (Å²) >= 11 is 0. The molecule has 0 aromatic heterocycles. The number of carbonyl (C=O) groups excluding carboxylic acids is 1. The zero-order valence-electron chi connectivity index (χ0n) is 4.96. The summed E-state index contributed by atoms with van der Waals surface area (Å²) in [6.45, 7) is 0.0468. The van der Waals surface area contributed by atoms with Crippen molar-refractivity contribution in [3.63, 3.8) is 0 Å². The van der Waals surface area contributed by atoms with Crippen molar-refractivity contribution in [2.24, 2.45) is 0 Å². The van der Waals surface area contributed by atoms with Crippen LogP contribution in [-0.4, -0.2) is 29.8 Å². The van der Waals surface area contributed by atoms with Crippen LogP contribution in [0.1, 0.15) is 0 Å². The molecule has 1 fully saturated rings. The van der Waals surface area contributed by atoms with Gasteiger partial charge in [-0.1, -0.05) is 0 Å². The van der Waals surface area contributed by atoms with E-state index in [2.05, 4.69) is 4.84 Å². The first-order chi connectivity index (χ1) is 4.70. The lowest BCUT2D eigenvalue weighted by Crippen LogP contribution is -2.40. The van der Waals surface area contributed by atoms with E-state index >= 15 is 0 Å². The monoisotopic (exact) mass is 146 g/mol. The lowest BCUT2D eigenvalue weighted by Gasteiger charge is -2.01. The van der Waals surface area contributed by atoms with Crippen LogP contribution >= 0.6 is 0 Å². The highest BCUT2D eigenvalue weighted by atomic mass is 16.7. The highest BCUT2D eigenvalue weighted by Gasteiger charge is 2.26. The summed E-state index contributed by atoms with van der Waals surface area (Å²) in [4.78, 5) is 24.9. The second kappa shape index (κ2) is 2.53. The van der Waals surface area contributed by atoms with E-state index in [0.29, 0.717) is 0 Å². The van der Waals surface area contributed by atoms with Crippen LogP contribution in [0.2, 0.25) is 0 Å². The third-order valence-electron chi connectivity index (χ3n) is 1.04. The van der Waals surface area contributed by atoms with Crippen molar-refractivity contribution in [1.29, 1.82) is 0 Å². The van der Waals surface area contributed by atoms with Gasteiger partial charge in [-0.2, -0.15) is 0 Å². The van der Waals surface area contributed by atoms with Crippen molar-refractivity contribution in [3.8, 4) is 0 Å². The first-order valence-electron chi connectivity index (χ1n) is 2.61. The van der Waals surface area contributed by atoms with Gasteiger partial charge >= 0.3 is 6.09 Å². The molecule has 1 unspecified atom stereocenters. The molecular weight excluding hydrogens is 140 g/mol. The van der Waals surface area contributed by atoms with Crippen LogP contribution in [0.15, 0.2) is 0 Å². The highest BCUT2D eigenvalue weighted by Crippen LogP contribution is 1.92. The van der Waals surface area contributed by atoms with Gasteiger partial charge in [0.2, 0.25) is 0 Å². The number of nitrogens with one attached hydrogen (secondary N) is 2. The Bertz CT molecular complexity index is 169. The Morgan fingerprint density at radius 1 is 1.90 bits per heavy atom. The maximum absolute atomic E-state index is 10.5. The van der Waals surface area contributed by atoms with Gasteiger partial charge in [0.25, 0.3) is 5.91 Å². The largest absolute Gasteiger partial charge is 0.465 e. The number of rotatable bonds is 1. The molecule has 2 amide bonds. The molecule has 0 aromatic carbocycles. The first-order valence-corrected chi connectivity index (χ1v) is 2.61. The summed E-state index contributed by atoms with van der Waals surface area (Å²) in [6, 6.07) is -0.766. The fourth-order valence-corrected chi connectivity index (χ4v) is 0.599. The molecule has 1 atom stereocenters. The van der Waals surface area contributed by atoms with Crippen LogP contribution in [0.25, 0.3) is 0 Å². The zero-order valence-corrected chi connectivity index (χ0v) is 4.96. The van der Waals surface area contributed by atoms with Crippen LogP contribution in [-0.2, 0) is 9.63 Å². The molecule has 6 heteroatoms. The van der Waals surface area contributed by atoms with E-state index in [9.17, 15) is 9.59 Å². The van der Waals surface area contributed by atoms with Crippen molar-refractivity contribution in [3.05, 3.63) is 0 Å². The number of hydrogen-bond donors (Lipinski definition) is 3. The summed E-state index contributed by atoms with van der Waals surface area (Å²) < 4.78 is 0. The lowest BCUT2D eigenvalue weighted by atomic mass is 10.3. The summed E-state index contributed by atoms with van der Waals surface area (Å²) in [5, 5.41) is 10.1. The molecule has 3 N–H and O–H groups in total. The van der Waals surface area contributed by atoms with Crippen LogP contribution in [0.4, 0.5) is 4.79 Å². The molecule has 0 spiro atoms. The fraction of sp³-hybridized carbons (Fsp3) is 0.500. The number of hydroxylamine groups is 1. The summed E-state index contributed by atoms with van der Waals surface area (Å²) in [5.74, 6) is -0.456. The Hall–Kier alpha value is -1.30. The minimum Gasteiger partial charge on any atom is -0.465 e. The van der Waals surface area contributed by atoms with Gasteiger partial charge < -0.3 is 10.4 Å². The molecule has 0 saturated carbocycles. The highest BCUT2D eigenvalue weighted by molar-refractivity contribution is 5.85. The molecule has 1 aliphatic heterocycles. The second-order valence-corrected chi connectivity index (χ2v) is 1.78. The molecule has 1 rings (SSSR count). The molecule has 0 bridgehead atoms. The van der Waals surface area contributed by atoms with Gasteiger partial charge in [0.05, 0.1) is 0 Å². The van der Waals surface area contributed by atoms with Crippen LogP contribution in [0, 0.1) is 0 Å². The molecule has 0 radical (unpaired) electrons. The predicted molar refractivity (Wildman–Crippen MR) is 29.0 cm³/mol. The van der Waals surface area contributed by atoms with Gasteiger partial charge in [-0.15, -0.1) is 0 Å². The molecule has 0 aliphatic carbocycles. The smallest absolute Gasteiger partial charge is 0.405 e. The van der Waals surface area contributed by atoms with Gasteiger partial charge in [0, 0.05) is 0 Å². The van der Waals surface area contributed by atoms with Crippen molar-refractivity contribution in [2.75, 3.05) is 6.61 Å². The standard InChI is InChI=1S/C4H6N2O4/c7-3-2(1-10-6-3)5-4(8)9/h2,5H,1H2,(H,6,7)(H,8,9). The average Bonchev–Trinajstić information content (AvgIpc) is 2.15. The normalized spacial score (nSPS) is 24.0. The molecular formula is C4H6N2O4. The fourth-order valence-electron chi connectivity index (χ4n) is 0.599. The van der Waals surface area contributed by atoms with E-state index < -0.39 is 18.0 Å². The number of hydrogen-bond acceptors (Lipinski definition) is 3. The molecule has 1 saturated heterocycles. The van der Waals surface area contributed by atoms with Crippen LogP contribution in [0.5, 0.6) is 0 Å². The van der Waals surface area contributed by atoms with E-state index in [1.165, 1.54) is 0 Å². The molecule has 1 aliphatic rings. The first kappa shape index (κ1) is 6.81. The van der Waals surface area contributed by atoms with E-state index in [1.54, 1.807) is 0 Å². The predicted octanol–water partition coefficient (Wildman–Crippen LogP) is -1.32. The zero-order chi connectivity index (χ0) is 7.56. The molecule has 6 nitrogen and oxygen atoms in total. The number of amides is 2. The molecule has 10 heavy (non-hydrogen) atoms. The third-order valence-corrected chi connectivity index (χ3v) is 1.04. The van der Waals surface area contributed by atoms with Gasteiger partial charge in [-0.3, -0.25) is 9.63 Å². The molecule has 56 valence electrons. The molecule has 1 heterocycles. The Morgan fingerprint density at radius 3 is 3.00 bits per heavy atom. The average molecular weight is 146 g/mol. The van der Waals surface area contributed by atoms with Gasteiger partial charge in [0.15, 0.2) is 0 Å². The van der Waals surface area contributed by atoms with Gasteiger partial charge in [-0.05, 0) is 0 Å². The topological polar surface area (TPSA) is 87.7 Å². The minimum absolute atomic E-state index is 0.0468. The quantitative estimate of drug-likeness (QED) is 0.428. The van der Waals surface area contributed by atoms with Crippen molar-refractivity contribution < 1.29 is 19.5 Å². The van der Waals surface area contributed by atoms with Crippen LogP contribution < -0.4 is 10.8 Å². The molecule has 0 aromatic rings. The number of carbonyl (C=O) groups is 2. The summed E-state index contributed by atoms with van der Waals surface area (Å²) in [5.41, 5.74) is 2.01. The van der Waals surface area contributed by atoms with Gasteiger partial charge in [0.1, 0.15) is 12.6 Å². The maximum Gasteiger partial charge on any atom is 0.405 e. The SMILES string of the molecule is O=C(O)NC1CONC1=O. The Kier molecular flexibility index (Phi) is 1.72. The van der Waals surface area contributed by atoms with Crippen molar-refractivity contribution >= 4 is 12.0 Å². The van der Waals surface area contributed by atoms with E-state index in [1.807, 2.05) is 10.8 Å². The third kappa shape index (κ3) is 1.35. The second-order valence-electron chi connectivity index (χ2n) is 1.78. The Morgan fingerprint density at radius 2 is 2.60 bits per heavy atom. The lowest BCUT2D eigenvalue weighted by molar-refractivity contribution is -0.125. The number of carboxylic acid groups (broad SMARTS) is 1. The Labute approximate surface area is 56.1 Å². The van der Waals surface area contributed by atoms with Crippen molar-refractivity contribution in [2.45, 2.75) is 6.04 Å². The Balaban J connectivity index is 2.40. The minimum atomic E-state index is -1.23. The van der Waals surface area contributed by atoms with Crippen LogP contribution in [0.3, 0.4) is 0 Å².